The minimum atomic E-state index is 0.576. The van der Waals surface area contributed by atoms with Crippen LogP contribution >= 0.6 is 0 Å². The van der Waals surface area contributed by atoms with E-state index in [1.165, 1.54) is 0 Å². The average Bonchev–Trinajstić information content (AvgIpc) is 3.15. The first kappa shape index (κ1) is 19.9. The predicted octanol–water partition coefficient (Wildman–Crippen LogP) is 1.98. The van der Waals surface area contributed by atoms with Crippen molar-refractivity contribution in [2.45, 2.75) is 19.9 Å². The van der Waals surface area contributed by atoms with Gasteiger partial charge in [0.05, 0.1) is 31.6 Å². The molecule has 0 aliphatic heterocycles. The average molecular weight is 359 g/mol. The van der Waals surface area contributed by atoms with Crippen molar-refractivity contribution in [3.05, 3.63) is 48.3 Å². The molecule has 0 radical (unpaired) electrons. The van der Waals surface area contributed by atoms with Gasteiger partial charge in [0.15, 0.2) is 5.96 Å². The van der Waals surface area contributed by atoms with Gasteiger partial charge in [0.2, 0.25) is 0 Å². The summed E-state index contributed by atoms with van der Waals surface area (Å²) in [5, 5.41) is 11.0. The molecule has 7 nitrogen and oxygen atoms in total. The molecule has 0 amide bonds. The van der Waals surface area contributed by atoms with Crippen LogP contribution in [0.5, 0.6) is 0 Å². The first-order chi connectivity index (χ1) is 12.8. The van der Waals surface area contributed by atoms with Crippen molar-refractivity contribution in [1.29, 1.82) is 0 Å². The van der Waals surface area contributed by atoms with Gasteiger partial charge in [-0.05, 0) is 25.5 Å². The molecule has 142 valence electrons. The van der Waals surface area contributed by atoms with E-state index in [0.717, 1.165) is 36.7 Å². The second kappa shape index (κ2) is 12.1. The molecule has 2 rings (SSSR count). The molecule has 2 aromatic rings. The number of benzene rings is 1. The summed E-state index contributed by atoms with van der Waals surface area (Å²) in [6, 6.07) is 10.1. The molecule has 1 heterocycles. The first-order valence-electron chi connectivity index (χ1n) is 9.01. The van der Waals surface area contributed by atoms with Gasteiger partial charge in [0, 0.05) is 38.6 Å². The Kier molecular flexibility index (Phi) is 9.24. The number of rotatable bonds is 11. The molecule has 0 atom stereocenters. The molecular formula is C19H29N5O2. The van der Waals surface area contributed by atoms with Crippen LogP contribution in [-0.4, -0.2) is 55.8 Å². The van der Waals surface area contributed by atoms with Crippen molar-refractivity contribution in [2.75, 3.05) is 40.0 Å². The first-order valence-corrected chi connectivity index (χ1v) is 9.01. The Morgan fingerprint density at radius 1 is 1.15 bits per heavy atom. The summed E-state index contributed by atoms with van der Waals surface area (Å²) in [5.74, 6) is 0.803. The van der Waals surface area contributed by atoms with E-state index in [9.17, 15) is 0 Å². The van der Waals surface area contributed by atoms with Crippen LogP contribution in [0.3, 0.4) is 0 Å². The highest BCUT2D eigenvalue weighted by Crippen LogP contribution is 2.08. The summed E-state index contributed by atoms with van der Waals surface area (Å²) in [7, 11) is 1.67. The van der Waals surface area contributed by atoms with E-state index in [1.807, 2.05) is 47.4 Å². The summed E-state index contributed by atoms with van der Waals surface area (Å²) >= 11 is 0. The van der Waals surface area contributed by atoms with Gasteiger partial charge in [-0.15, -0.1) is 0 Å². The van der Waals surface area contributed by atoms with E-state index in [2.05, 4.69) is 27.6 Å². The standard InChI is InChI=1S/C19H29N5O2/c1-3-20-19(21-10-7-11-26-13-12-25-2)22-14-17-15-23-24(16-17)18-8-5-4-6-9-18/h4-6,8-9,15-16H,3,7,10-14H2,1-2H3,(H2,20,21,22). The van der Waals surface area contributed by atoms with Gasteiger partial charge in [-0.1, -0.05) is 18.2 Å². The van der Waals surface area contributed by atoms with Crippen LogP contribution in [0.25, 0.3) is 5.69 Å². The number of hydrogen-bond donors (Lipinski definition) is 2. The van der Waals surface area contributed by atoms with Gasteiger partial charge < -0.3 is 20.1 Å². The van der Waals surface area contributed by atoms with E-state index in [0.29, 0.717) is 26.4 Å². The molecule has 0 saturated heterocycles. The number of guanidine groups is 1. The maximum Gasteiger partial charge on any atom is 0.191 e. The lowest BCUT2D eigenvalue weighted by atomic mass is 10.3. The number of nitrogens with one attached hydrogen (secondary N) is 2. The lowest BCUT2D eigenvalue weighted by Crippen LogP contribution is -2.38. The van der Waals surface area contributed by atoms with Gasteiger partial charge in [-0.25, -0.2) is 9.67 Å². The summed E-state index contributed by atoms with van der Waals surface area (Å²) in [6.45, 7) is 6.23. The Labute approximate surface area is 155 Å². The van der Waals surface area contributed by atoms with Gasteiger partial charge in [0.25, 0.3) is 0 Å². The molecule has 0 unspecified atom stereocenters. The maximum atomic E-state index is 5.45. The van der Waals surface area contributed by atoms with Gasteiger partial charge in [-0.2, -0.15) is 5.10 Å². The number of para-hydroxylation sites is 1. The highest BCUT2D eigenvalue weighted by Gasteiger charge is 2.02. The fraction of sp³-hybridized carbons (Fsp3) is 0.474. The van der Waals surface area contributed by atoms with Crippen LogP contribution in [0.15, 0.2) is 47.7 Å². The summed E-state index contributed by atoms with van der Waals surface area (Å²) in [6.07, 6.45) is 4.77. The second-order valence-electron chi connectivity index (χ2n) is 5.71. The van der Waals surface area contributed by atoms with Crippen molar-refractivity contribution < 1.29 is 9.47 Å². The number of aromatic nitrogens is 2. The normalized spacial score (nSPS) is 11.5. The Bertz CT molecular complexity index is 642. The lowest BCUT2D eigenvalue weighted by Gasteiger charge is -2.11. The topological polar surface area (TPSA) is 72.7 Å². The van der Waals surface area contributed by atoms with E-state index in [1.54, 1.807) is 7.11 Å². The number of methoxy groups -OCH3 is 1. The Hall–Kier alpha value is -2.38. The highest BCUT2D eigenvalue weighted by atomic mass is 16.5. The molecule has 7 heteroatoms. The van der Waals surface area contributed by atoms with E-state index in [4.69, 9.17) is 9.47 Å². The number of nitrogens with zero attached hydrogens (tertiary/aromatic N) is 3. The molecule has 0 aliphatic rings. The van der Waals surface area contributed by atoms with Crippen LogP contribution in [0.4, 0.5) is 0 Å². The van der Waals surface area contributed by atoms with Crippen LogP contribution in [-0.2, 0) is 16.0 Å². The zero-order valence-corrected chi connectivity index (χ0v) is 15.6. The number of ether oxygens (including phenoxy) is 2. The van der Waals surface area contributed by atoms with E-state index < -0.39 is 0 Å². The zero-order valence-electron chi connectivity index (χ0n) is 15.6. The maximum absolute atomic E-state index is 5.45. The highest BCUT2D eigenvalue weighted by molar-refractivity contribution is 5.79. The van der Waals surface area contributed by atoms with Gasteiger partial charge in [-0.3, -0.25) is 0 Å². The van der Waals surface area contributed by atoms with Crippen LogP contribution in [0.2, 0.25) is 0 Å². The van der Waals surface area contributed by atoms with E-state index in [-0.39, 0.29) is 0 Å². The minimum Gasteiger partial charge on any atom is -0.382 e. The SMILES string of the molecule is CCNC(=NCc1cnn(-c2ccccc2)c1)NCCCOCCOC. The molecule has 0 fully saturated rings. The molecule has 0 bridgehead atoms. The molecule has 26 heavy (non-hydrogen) atoms. The molecule has 2 N–H and O–H groups in total. The molecule has 1 aromatic heterocycles. The van der Waals surface area contributed by atoms with E-state index >= 15 is 0 Å². The van der Waals surface area contributed by atoms with Crippen molar-refractivity contribution in [3.63, 3.8) is 0 Å². The minimum absolute atomic E-state index is 0.576. The number of aliphatic imine (C=N–C) groups is 1. The Morgan fingerprint density at radius 2 is 2.00 bits per heavy atom. The molecule has 0 aliphatic carbocycles. The third-order valence-corrected chi connectivity index (χ3v) is 3.61. The molecule has 0 saturated carbocycles. The van der Waals surface area contributed by atoms with Crippen molar-refractivity contribution in [3.8, 4) is 5.69 Å². The van der Waals surface area contributed by atoms with Crippen LogP contribution in [0, 0.1) is 0 Å². The third-order valence-electron chi connectivity index (χ3n) is 3.61. The predicted molar refractivity (Wildman–Crippen MR) is 104 cm³/mol. The Balaban J connectivity index is 1.78. The monoisotopic (exact) mass is 359 g/mol. The van der Waals surface area contributed by atoms with Crippen LogP contribution < -0.4 is 10.6 Å². The zero-order chi connectivity index (χ0) is 18.5. The third kappa shape index (κ3) is 7.25. The van der Waals surface area contributed by atoms with Gasteiger partial charge >= 0.3 is 0 Å². The molecular weight excluding hydrogens is 330 g/mol. The fourth-order valence-electron chi connectivity index (χ4n) is 2.30. The van der Waals surface area contributed by atoms with Crippen LogP contribution in [0.1, 0.15) is 18.9 Å². The Morgan fingerprint density at radius 3 is 2.77 bits per heavy atom. The summed E-state index contributed by atoms with van der Waals surface area (Å²) < 4.78 is 12.3. The molecule has 1 aromatic carbocycles. The lowest BCUT2D eigenvalue weighted by molar-refractivity contribution is 0.0698. The smallest absolute Gasteiger partial charge is 0.191 e. The number of hydrogen-bond acceptors (Lipinski definition) is 4. The largest absolute Gasteiger partial charge is 0.382 e. The van der Waals surface area contributed by atoms with Crippen molar-refractivity contribution in [1.82, 2.24) is 20.4 Å². The van der Waals surface area contributed by atoms with Crippen molar-refractivity contribution in [2.24, 2.45) is 4.99 Å². The van der Waals surface area contributed by atoms with Crippen molar-refractivity contribution >= 4 is 5.96 Å². The summed E-state index contributed by atoms with van der Waals surface area (Å²) in [4.78, 5) is 4.62. The quantitative estimate of drug-likeness (QED) is 0.365. The fourth-order valence-corrected chi connectivity index (χ4v) is 2.30. The van der Waals surface area contributed by atoms with Gasteiger partial charge in [0.1, 0.15) is 0 Å². The second-order valence-corrected chi connectivity index (χ2v) is 5.71. The summed E-state index contributed by atoms with van der Waals surface area (Å²) in [5.41, 5.74) is 2.11. The molecule has 0 spiro atoms.